The van der Waals surface area contributed by atoms with Gasteiger partial charge in [0, 0.05) is 29.6 Å². The average molecular weight is 500 g/mol. The summed E-state index contributed by atoms with van der Waals surface area (Å²) in [5.41, 5.74) is 2.56. The number of carbonyl (C=O) groups is 3. The van der Waals surface area contributed by atoms with Crippen LogP contribution in [0.25, 0.3) is 0 Å². The number of benzene rings is 2. The van der Waals surface area contributed by atoms with Crippen molar-refractivity contribution in [3.05, 3.63) is 86.8 Å². The number of fused-ring (bicyclic) bond motifs is 2. The number of hydrogen-bond donors (Lipinski definition) is 1. The van der Waals surface area contributed by atoms with E-state index >= 15 is 0 Å². The Bertz CT molecular complexity index is 1500. The van der Waals surface area contributed by atoms with Crippen molar-refractivity contribution < 1.29 is 23.9 Å². The highest BCUT2D eigenvalue weighted by atomic mass is 16.5. The number of amides is 3. The third-order valence-corrected chi connectivity index (χ3v) is 7.25. The summed E-state index contributed by atoms with van der Waals surface area (Å²) < 4.78 is 11.7. The Morgan fingerprint density at radius 2 is 1.65 bits per heavy atom. The van der Waals surface area contributed by atoms with Crippen LogP contribution in [0.15, 0.2) is 53.5 Å². The SMILES string of the molecule is COc1ccc(N2Cc3ccc(CN4C(=O)c5c[nH]c(=O)cc5C4=O)cc3C2=O)cc1OC1CCCC1. The molecule has 0 atom stereocenters. The van der Waals surface area contributed by atoms with E-state index < -0.39 is 17.4 Å². The first-order chi connectivity index (χ1) is 17.9. The molecule has 0 saturated heterocycles. The van der Waals surface area contributed by atoms with Gasteiger partial charge in [-0.25, -0.2) is 0 Å². The summed E-state index contributed by atoms with van der Waals surface area (Å²) >= 11 is 0. The first kappa shape index (κ1) is 23.0. The van der Waals surface area contributed by atoms with E-state index in [0.29, 0.717) is 34.9 Å². The van der Waals surface area contributed by atoms with Gasteiger partial charge in [0.15, 0.2) is 11.5 Å². The molecule has 0 unspecified atom stereocenters. The van der Waals surface area contributed by atoms with Crippen molar-refractivity contribution in [2.75, 3.05) is 12.0 Å². The highest BCUT2D eigenvalue weighted by Crippen LogP contribution is 2.38. The van der Waals surface area contributed by atoms with Crippen LogP contribution < -0.4 is 19.9 Å². The molecule has 37 heavy (non-hydrogen) atoms. The molecular formula is C28H25N3O6. The van der Waals surface area contributed by atoms with E-state index in [1.807, 2.05) is 30.3 Å². The number of H-pyrrole nitrogens is 1. The molecular weight excluding hydrogens is 474 g/mol. The molecule has 188 valence electrons. The minimum absolute atomic E-state index is 0.00299. The molecule has 0 spiro atoms. The summed E-state index contributed by atoms with van der Waals surface area (Å²) in [6.45, 7) is 0.405. The zero-order valence-corrected chi connectivity index (χ0v) is 20.3. The van der Waals surface area contributed by atoms with Crippen LogP contribution in [0.4, 0.5) is 5.69 Å². The summed E-state index contributed by atoms with van der Waals surface area (Å²) in [7, 11) is 1.60. The molecule has 9 nitrogen and oxygen atoms in total. The predicted molar refractivity (Wildman–Crippen MR) is 134 cm³/mol. The van der Waals surface area contributed by atoms with Gasteiger partial charge in [-0.15, -0.1) is 0 Å². The van der Waals surface area contributed by atoms with E-state index in [9.17, 15) is 19.2 Å². The van der Waals surface area contributed by atoms with Crippen molar-refractivity contribution in [2.45, 2.75) is 44.9 Å². The van der Waals surface area contributed by atoms with Crippen LogP contribution in [0.5, 0.6) is 11.5 Å². The lowest BCUT2D eigenvalue weighted by Crippen LogP contribution is -2.29. The van der Waals surface area contributed by atoms with Crippen molar-refractivity contribution in [1.29, 1.82) is 0 Å². The number of nitrogens with zero attached hydrogens (tertiary/aromatic N) is 2. The summed E-state index contributed by atoms with van der Waals surface area (Å²) in [6.07, 6.45) is 5.73. The maximum Gasteiger partial charge on any atom is 0.263 e. The second kappa shape index (κ2) is 8.92. The fraction of sp³-hybridized carbons (Fsp3) is 0.286. The van der Waals surface area contributed by atoms with Gasteiger partial charge in [0.05, 0.1) is 37.4 Å². The summed E-state index contributed by atoms with van der Waals surface area (Å²) in [5.74, 6) is 0.0947. The molecule has 0 radical (unpaired) electrons. The van der Waals surface area contributed by atoms with Gasteiger partial charge in [0.2, 0.25) is 5.56 Å². The van der Waals surface area contributed by atoms with Gasteiger partial charge in [0.25, 0.3) is 17.7 Å². The largest absolute Gasteiger partial charge is 0.493 e. The molecule has 1 aromatic heterocycles. The van der Waals surface area contributed by atoms with E-state index in [1.54, 1.807) is 18.1 Å². The molecule has 1 fully saturated rings. The van der Waals surface area contributed by atoms with E-state index in [1.165, 1.54) is 6.20 Å². The Morgan fingerprint density at radius 1 is 0.865 bits per heavy atom. The summed E-state index contributed by atoms with van der Waals surface area (Å²) in [5, 5.41) is 0. The zero-order chi connectivity index (χ0) is 25.7. The van der Waals surface area contributed by atoms with E-state index in [0.717, 1.165) is 42.2 Å². The first-order valence-corrected chi connectivity index (χ1v) is 12.3. The van der Waals surface area contributed by atoms with E-state index in [-0.39, 0.29) is 29.7 Å². The minimum atomic E-state index is -0.521. The van der Waals surface area contributed by atoms with Crippen LogP contribution >= 0.6 is 0 Å². The van der Waals surface area contributed by atoms with Gasteiger partial charge in [-0.3, -0.25) is 24.1 Å². The van der Waals surface area contributed by atoms with Gasteiger partial charge in [-0.1, -0.05) is 12.1 Å². The van der Waals surface area contributed by atoms with Gasteiger partial charge < -0.3 is 19.4 Å². The molecule has 3 amide bonds. The molecule has 2 aromatic carbocycles. The number of hydrogen-bond acceptors (Lipinski definition) is 6. The van der Waals surface area contributed by atoms with Crippen molar-refractivity contribution in [3.63, 3.8) is 0 Å². The number of nitrogens with one attached hydrogen (secondary N) is 1. The normalized spacial score (nSPS) is 16.9. The van der Waals surface area contributed by atoms with Crippen LogP contribution in [0, 0.1) is 0 Å². The quantitative estimate of drug-likeness (QED) is 0.519. The fourth-order valence-corrected chi connectivity index (χ4v) is 5.30. The first-order valence-electron chi connectivity index (χ1n) is 12.3. The van der Waals surface area contributed by atoms with Crippen molar-refractivity contribution in [3.8, 4) is 11.5 Å². The second-order valence-corrected chi connectivity index (χ2v) is 9.56. The smallest absolute Gasteiger partial charge is 0.263 e. The minimum Gasteiger partial charge on any atom is -0.493 e. The van der Waals surface area contributed by atoms with Crippen LogP contribution in [0.1, 0.15) is 67.9 Å². The molecule has 6 rings (SSSR count). The van der Waals surface area contributed by atoms with Crippen molar-refractivity contribution in [1.82, 2.24) is 9.88 Å². The standard InChI is InChI=1S/C28H25N3O6/c1-36-23-9-8-18(11-24(23)37-19-4-2-3-5-19)30-15-17-7-6-16(10-20(17)26(30)33)14-31-27(34)21-12-25(32)29-13-22(21)28(31)35/h6-13,19H,2-5,14-15H2,1H3,(H,29,32). The Morgan fingerprint density at radius 3 is 2.43 bits per heavy atom. The van der Waals surface area contributed by atoms with Gasteiger partial charge >= 0.3 is 0 Å². The van der Waals surface area contributed by atoms with Crippen LogP contribution in [-0.4, -0.2) is 40.8 Å². The number of ether oxygens (including phenoxy) is 2. The number of imide groups is 1. The lowest BCUT2D eigenvalue weighted by Gasteiger charge is -2.20. The van der Waals surface area contributed by atoms with Crippen LogP contribution in [0.3, 0.4) is 0 Å². The maximum absolute atomic E-state index is 13.4. The Hall–Kier alpha value is -4.40. The van der Waals surface area contributed by atoms with Crippen LogP contribution in [-0.2, 0) is 13.1 Å². The van der Waals surface area contributed by atoms with E-state index in [2.05, 4.69) is 4.98 Å². The van der Waals surface area contributed by atoms with Gasteiger partial charge in [-0.05, 0) is 55.0 Å². The third-order valence-electron chi connectivity index (χ3n) is 7.25. The second-order valence-electron chi connectivity index (χ2n) is 9.56. The third kappa shape index (κ3) is 3.96. The molecule has 2 aliphatic heterocycles. The number of methoxy groups -OCH3 is 1. The number of anilines is 1. The van der Waals surface area contributed by atoms with E-state index in [4.69, 9.17) is 9.47 Å². The monoisotopic (exact) mass is 499 g/mol. The predicted octanol–water partition coefficient (Wildman–Crippen LogP) is 3.66. The summed E-state index contributed by atoms with van der Waals surface area (Å²) in [6, 6.07) is 12.0. The molecule has 3 aliphatic rings. The topological polar surface area (TPSA) is 109 Å². The Labute approximate surface area is 212 Å². The zero-order valence-electron chi connectivity index (χ0n) is 20.3. The number of carbonyl (C=O) groups excluding carboxylic acids is 3. The highest BCUT2D eigenvalue weighted by Gasteiger charge is 2.36. The fourth-order valence-electron chi connectivity index (χ4n) is 5.30. The molecule has 0 bridgehead atoms. The molecule has 3 aromatic rings. The highest BCUT2D eigenvalue weighted by molar-refractivity contribution is 6.21. The number of pyridine rings is 1. The lowest BCUT2D eigenvalue weighted by atomic mass is 10.1. The number of aromatic nitrogens is 1. The molecule has 3 heterocycles. The van der Waals surface area contributed by atoms with Gasteiger partial charge in [0.1, 0.15) is 0 Å². The van der Waals surface area contributed by atoms with Crippen molar-refractivity contribution in [2.24, 2.45) is 0 Å². The van der Waals surface area contributed by atoms with Crippen LogP contribution in [0.2, 0.25) is 0 Å². The molecule has 1 N–H and O–H groups in total. The Kier molecular flexibility index (Phi) is 5.55. The molecule has 1 aliphatic carbocycles. The number of rotatable bonds is 6. The maximum atomic E-state index is 13.4. The van der Waals surface area contributed by atoms with Crippen molar-refractivity contribution >= 4 is 23.4 Å². The summed E-state index contributed by atoms with van der Waals surface area (Å²) in [4.78, 5) is 55.7. The number of aromatic amines is 1. The van der Waals surface area contributed by atoms with Gasteiger partial charge in [-0.2, -0.15) is 0 Å². The lowest BCUT2D eigenvalue weighted by molar-refractivity contribution is 0.0642. The molecule has 1 saturated carbocycles. The average Bonchev–Trinajstić information content (AvgIpc) is 3.59. The molecule has 9 heteroatoms. The Balaban J connectivity index is 1.23.